The molecular weight excluding hydrogens is 541 g/mol. The van der Waals surface area contributed by atoms with Crippen LogP contribution in [0.4, 0.5) is 5.69 Å². The Labute approximate surface area is 242 Å². The van der Waals surface area contributed by atoms with Crippen LogP contribution in [0.5, 0.6) is 0 Å². The van der Waals surface area contributed by atoms with Crippen LogP contribution in [0, 0.1) is 11.8 Å². The van der Waals surface area contributed by atoms with E-state index in [4.69, 9.17) is 9.42 Å². The topological polar surface area (TPSA) is 116 Å². The zero-order valence-corrected chi connectivity index (χ0v) is 24.1. The molecule has 2 aromatic carbocycles. The third-order valence-corrected chi connectivity index (χ3v) is 7.82. The Morgan fingerprint density at radius 3 is 2.41 bits per heavy atom. The number of rotatable bonds is 13. The number of carbonyl (C=O) groups is 3. The number of nitrogens with one attached hydrogen (secondary N) is 1. The van der Waals surface area contributed by atoms with Crippen molar-refractivity contribution < 1.29 is 28.4 Å². The van der Waals surface area contributed by atoms with Gasteiger partial charge in [0.2, 0.25) is 17.7 Å². The van der Waals surface area contributed by atoms with Crippen LogP contribution in [0.1, 0.15) is 74.5 Å². The highest BCUT2D eigenvalue weighted by Crippen LogP contribution is 2.27. The van der Waals surface area contributed by atoms with Gasteiger partial charge in [0.05, 0.1) is 18.8 Å². The molecule has 216 valence electrons. The lowest BCUT2D eigenvalue weighted by Gasteiger charge is -2.26. The molecule has 0 bridgehead atoms. The number of carbonyl (C=O) groups excluding carboxylic acids is 3. The third kappa shape index (κ3) is 9.22. The number of para-hydroxylation sites is 1. The van der Waals surface area contributed by atoms with Gasteiger partial charge in [0.15, 0.2) is 0 Å². The summed E-state index contributed by atoms with van der Waals surface area (Å²) in [5, 5.41) is 2.93. The van der Waals surface area contributed by atoms with Crippen molar-refractivity contribution in [2.24, 2.45) is 0 Å². The van der Waals surface area contributed by atoms with E-state index in [1.807, 2.05) is 48.5 Å². The Bertz CT molecular complexity index is 1320. The average Bonchev–Trinajstić information content (AvgIpc) is 3.42. The normalized spacial score (nSPS) is 16.0. The molecule has 3 amide bonds. The number of amides is 3. The monoisotopic (exact) mass is 578 g/mol. The quantitative estimate of drug-likeness (QED) is 0.206. The number of anilines is 1. The summed E-state index contributed by atoms with van der Waals surface area (Å²) in [6, 6.07) is 15.6. The second-order valence-corrected chi connectivity index (χ2v) is 11.1. The van der Waals surface area contributed by atoms with Crippen LogP contribution in [0.25, 0.3) is 0 Å². The minimum absolute atomic E-state index is 0.0201. The molecule has 1 fully saturated rings. The lowest BCUT2D eigenvalue weighted by atomic mass is 10.0. The van der Waals surface area contributed by atoms with E-state index < -0.39 is 8.25 Å². The summed E-state index contributed by atoms with van der Waals surface area (Å²) in [6.45, 7) is 1.92. The summed E-state index contributed by atoms with van der Waals surface area (Å²) >= 11 is 0. The first-order chi connectivity index (χ1) is 19.9. The molecule has 2 aliphatic rings. The number of hydrogen-bond acceptors (Lipinski definition) is 5. The summed E-state index contributed by atoms with van der Waals surface area (Å²) in [4.78, 5) is 50.1. The fourth-order valence-corrected chi connectivity index (χ4v) is 5.55. The summed E-state index contributed by atoms with van der Waals surface area (Å²) in [5.41, 5.74) is 3.59. The Morgan fingerprint density at radius 2 is 1.59 bits per heavy atom. The lowest BCUT2D eigenvalue weighted by Crippen LogP contribution is -2.31. The van der Waals surface area contributed by atoms with Crippen molar-refractivity contribution >= 4 is 31.7 Å². The Morgan fingerprint density at radius 1 is 0.902 bits per heavy atom. The van der Waals surface area contributed by atoms with Gasteiger partial charge in [-0.2, -0.15) is 0 Å². The van der Waals surface area contributed by atoms with E-state index in [-0.39, 0.29) is 23.8 Å². The van der Waals surface area contributed by atoms with Crippen LogP contribution < -0.4 is 10.2 Å². The molecule has 1 saturated heterocycles. The van der Waals surface area contributed by atoms with Crippen molar-refractivity contribution in [1.82, 2.24) is 10.2 Å². The average molecular weight is 579 g/mol. The van der Waals surface area contributed by atoms with Crippen molar-refractivity contribution in [3.8, 4) is 11.8 Å². The number of hydrogen-bond donors (Lipinski definition) is 2. The summed E-state index contributed by atoms with van der Waals surface area (Å²) in [5.74, 6) is 6.46. The first-order valence-electron chi connectivity index (χ1n) is 14.3. The molecule has 0 radical (unpaired) electrons. The molecule has 10 heteroatoms. The largest absolute Gasteiger partial charge is 0.695 e. The SMILES string of the molecule is O=C(CCCCC(=O)N1Cc2ccccc2C#Cc2ccccc21)NCCCCCC(=O)N1CC[C@@H](O[P+](=O)O)C1. The van der Waals surface area contributed by atoms with E-state index >= 15 is 0 Å². The molecule has 0 spiro atoms. The van der Waals surface area contributed by atoms with Crippen molar-refractivity contribution in [3.63, 3.8) is 0 Å². The Kier molecular flexibility index (Phi) is 11.4. The molecule has 1 unspecified atom stereocenters. The summed E-state index contributed by atoms with van der Waals surface area (Å²) in [6.07, 6.45) is 4.92. The highest BCUT2D eigenvalue weighted by Gasteiger charge is 2.32. The van der Waals surface area contributed by atoms with E-state index in [0.717, 1.165) is 41.6 Å². The van der Waals surface area contributed by atoms with Crippen LogP contribution in [0.3, 0.4) is 0 Å². The predicted octanol–water partition coefficient (Wildman–Crippen LogP) is 4.44. The van der Waals surface area contributed by atoms with Crippen LogP contribution in [-0.2, 0) is 30.0 Å². The zero-order valence-electron chi connectivity index (χ0n) is 23.2. The second-order valence-electron chi connectivity index (χ2n) is 10.4. The predicted molar refractivity (Wildman–Crippen MR) is 156 cm³/mol. The van der Waals surface area contributed by atoms with E-state index in [1.54, 1.807) is 9.80 Å². The summed E-state index contributed by atoms with van der Waals surface area (Å²) in [7, 11) is -2.65. The smallest absolute Gasteiger partial charge is 0.356 e. The number of likely N-dealkylation sites (tertiary alicyclic amines) is 1. The van der Waals surface area contributed by atoms with Gasteiger partial charge in [-0.1, -0.05) is 48.6 Å². The number of fused-ring (bicyclic) bond motifs is 2. The highest BCUT2D eigenvalue weighted by molar-refractivity contribution is 7.32. The van der Waals surface area contributed by atoms with E-state index in [2.05, 4.69) is 17.2 Å². The van der Waals surface area contributed by atoms with Gasteiger partial charge in [0.1, 0.15) is 6.10 Å². The van der Waals surface area contributed by atoms with Crippen LogP contribution >= 0.6 is 8.25 Å². The van der Waals surface area contributed by atoms with Crippen LogP contribution in [-0.4, -0.2) is 53.3 Å². The van der Waals surface area contributed by atoms with Crippen molar-refractivity contribution in [3.05, 3.63) is 65.2 Å². The molecule has 41 heavy (non-hydrogen) atoms. The van der Waals surface area contributed by atoms with E-state index in [0.29, 0.717) is 64.7 Å². The van der Waals surface area contributed by atoms with Gasteiger partial charge in [0.25, 0.3) is 0 Å². The fraction of sp³-hybridized carbons (Fsp3) is 0.452. The number of nitrogens with zero attached hydrogens (tertiary/aromatic N) is 2. The first-order valence-corrected chi connectivity index (χ1v) is 15.4. The molecule has 0 saturated carbocycles. The molecule has 2 aliphatic heterocycles. The van der Waals surface area contributed by atoms with Gasteiger partial charge >= 0.3 is 8.25 Å². The summed E-state index contributed by atoms with van der Waals surface area (Å²) < 4.78 is 15.7. The Balaban J connectivity index is 1.10. The second kappa shape index (κ2) is 15.4. The first kappa shape index (κ1) is 30.4. The maximum Gasteiger partial charge on any atom is 0.695 e. The third-order valence-electron chi connectivity index (χ3n) is 7.34. The van der Waals surface area contributed by atoms with Gasteiger partial charge in [-0.3, -0.25) is 14.4 Å². The standard InChI is InChI=1S/C31H36N3O6P/c35-29(32-20-9-1-2-15-30(36)33-21-19-27(23-33)40-41(38)39)14-7-8-16-31(37)34-22-26-12-4-3-10-24(26)17-18-25-11-5-6-13-28(25)34/h3-6,10-13,27H,1-2,7-9,14-16,19-23H2,(H-,32,35,38,39)/p+1/t27-/m1/s1. The zero-order chi connectivity index (χ0) is 29.0. The van der Waals surface area contributed by atoms with Crippen LogP contribution in [0.2, 0.25) is 0 Å². The molecular formula is C31H37N3O6P+. The molecule has 2 aromatic rings. The van der Waals surface area contributed by atoms with Crippen LogP contribution in [0.15, 0.2) is 48.5 Å². The number of unbranched alkanes of at least 4 members (excludes halogenated alkanes) is 3. The van der Waals surface area contributed by atoms with Gasteiger partial charge in [-0.25, -0.2) is 0 Å². The number of benzene rings is 2. The molecule has 2 heterocycles. The molecule has 9 nitrogen and oxygen atoms in total. The minimum atomic E-state index is -2.65. The van der Waals surface area contributed by atoms with Gasteiger partial charge < -0.3 is 15.1 Å². The fourth-order valence-electron chi connectivity index (χ4n) is 5.12. The van der Waals surface area contributed by atoms with Gasteiger partial charge in [0, 0.05) is 48.0 Å². The van der Waals surface area contributed by atoms with E-state index in [9.17, 15) is 18.9 Å². The minimum Gasteiger partial charge on any atom is -0.356 e. The molecule has 0 aromatic heterocycles. The Hall–Kier alpha value is -3.57. The maximum absolute atomic E-state index is 13.3. The van der Waals surface area contributed by atoms with Gasteiger partial charge in [-0.05, 0) is 55.9 Å². The highest BCUT2D eigenvalue weighted by atomic mass is 31.1. The molecule has 4 rings (SSSR count). The lowest BCUT2D eigenvalue weighted by molar-refractivity contribution is -0.130. The van der Waals surface area contributed by atoms with Crippen molar-refractivity contribution in [2.75, 3.05) is 24.5 Å². The molecule has 2 N–H and O–H groups in total. The van der Waals surface area contributed by atoms with Gasteiger partial charge in [-0.15, -0.1) is 9.42 Å². The van der Waals surface area contributed by atoms with Crippen molar-refractivity contribution in [2.45, 2.75) is 70.4 Å². The van der Waals surface area contributed by atoms with E-state index in [1.165, 1.54) is 0 Å². The molecule has 0 aliphatic carbocycles. The molecule has 2 atom stereocenters. The maximum atomic E-state index is 13.3. The van der Waals surface area contributed by atoms with Crippen molar-refractivity contribution in [1.29, 1.82) is 0 Å².